The van der Waals surface area contributed by atoms with Gasteiger partial charge in [0.05, 0.1) is 19.3 Å². The Kier molecular flexibility index (Phi) is 7.18. The molecule has 1 N–H and O–H groups in total. The molecule has 5 heteroatoms. The lowest BCUT2D eigenvalue weighted by atomic mass is 9.98. The van der Waals surface area contributed by atoms with Crippen LogP contribution in [0.1, 0.15) is 32.1 Å². The normalized spacial score (nSPS) is 21.0. The number of guanidine groups is 1. The van der Waals surface area contributed by atoms with Crippen molar-refractivity contribution in [1.82, 2.24) is 10.2 Å². The summed E-state index contributed by atoms with van der Waals surface area (Å²) in [6.07, 6.45) is 7.08. The van der Waals surface area contributed by atoms with Gasteiger partial charge < -0.3 is 15.0 Å². The molecule has 0 amide bonds. The van der Waals surface area contributed by atoms with Crippen LogP contribution in [-0.2, 0) is 4.74 Å². The fourth-order valence-electron chi connectivity index (χ4n) is 2.34. The lowest BCUT2D eigenvalue weighted by molar-refractivity contribution is 0.0316. The maximum Gasteiger partial charge on any atom is 0.193 e. The van der Waals surface area contributed by atoms with E-state index in [2.05, 4.69) is 22.3 Å². The number of nitrogens with one attached hydrogen (secondary N) is 1. The zero-order valence-corrected chi connectivity index (χ0v) is 13.0. The highest BCUT2D eigenvalue weighted by Gasteiger charge is 2.14. The number of hydrogen-bond donors (Lipinski definition) is 1. The Morgan fingerprint density at radius 1 is 1.35 bits per heavy atom. The highest BCUT2D eigenvalue weighted by Crippen LogP contribution is 2.19. The molecule has 2 rings (SSSR count). The van der Waals surface area contributed by atoms with Crippen LogP contribution in [-0.4, -0.2) is 50.3 Å². The number of hydrogen-bond acceptors (Lipinski definition) is 4. The first-order valence-electron chi connectivity index (χ1n) is 6.47. The molecule has 1 heterocycles. The summed E-state index contributed by atoms with van der Waals surface area (Å²) in [6, 6.07) is 0. The van der Waals surface area contributed by atoms with Crippen LogP contribution >= 0.6 is 24.0 Å². The quantitative estimate of drug-likeness (QED) is 0.619. The number of aliphatic imine (C=N–C) groups is 1. The van der Waals surface area contributed by atoms with Gasteiger partial charge in [-0.25, -0.2) is 0 Å². The molecular weight excluding hydrogens is 329 g/mol. The molecule has 0 spiro atoms. The fourth-order valence-corrected chi connectivity index (χ4v) is 2.34. The number of halogens is 1. The molecular formula is C12H24IN3O. The van der Waals surface area contributed by atoms with Gasteiger partial charge >= 0.3 is 0 Å². The zero-order valence-electron chi connectivity index (χ0n) is 10.7. The molecule has 2 aliphatic rings. The molecule has 1 saturated carbocycles. The average Bonchev–Trinajstić information content (AvgIpc) is 2.72. The van der Waals surface area contributed by atoms with Crippen molar-refractivity contribution in [2.75, 3.05) is 33.3 Å². The van der Waals surface area contributed by atoms with E-state index in [1.165, 1.54) is 32.1 Å². The standard InChI is InChI=1S/C12H23N3O.HI/c1-15-9-7-13-12(15)14-8-10-16-11-5-3-2-4-6-11;/h11H,2-10H2,1H3,(H,13,14);1H. The molecule has 0 saturated heterocycles. The molecule has 0 atom stereocenters. The molecule has 1 fully saturated rings. The summed E-state index contributed by atoms with van der Waals surface area (Å²) in [5.74, 6) is 1.02. The zero-order chi connectivity index (χ0) is 11.2. The number of likely N-dealkylation sites (N-methyl/N-ethyl adjacent to an activating group) is 1. The fraction of sp³-hybridized carbons (Fsp3) is 0.917. The molecule has 17 heavy (non-hydrogen) atoms. The van der Waals surface area contributed by atoms with Crippen LogP contribution in [0.3, 0.4) is 0 Å². The molecule has 0 aromatic heterocycles. The number of rotatable bonds is 4. The van der Waals surface area contributed by atoms with Gasteiger partial charge in [0.25, 0.3) is 0 Å². The van der Waals surface area contributed by atoms with Crippen molar-refractivity contribution in [2.45, 2.75) is 38.2 Å². The molecule has 100 valence electrons. The summed E-state index contributed by atoms with van der Waals surface area (Å²) < 4.78 is 5.84. The van der Waals surface area contributed by atoms with E-state index < -0.39 is 0 Å². The van der Waals surface area contributed by atoms with Crippen molar-refractivity contribution in [3.63, 3.8) is 0 Å². The third-order valence-electron chi connectivity index (χ3n) is 3.35. The Labute approximate surface area is 121 Å². The minimum atomic E-state index is 0. The monoisotopic (exact) mass is 353 g/mol. The number of ether oxygens (including phenoxy) is 1. The topological polar surface area (TPSA) is 36.9 Å². The van der Waals surface area contributed by atoms with Gasteiger partial charge in [-0.3, -0.25) is 4.99 Å². The third-order valence-corrected chi connectivity index (χ3v) is 3.35. The minimum Gasteiger partial charge on any atom is -0.376 e. The van der Waals surface area contributed by atoms with Gasteiger partial charge in [-0.05, 0) is 12.8 Å². The first-order chi connectivity index (χ1) is 7.86. The summed E-state index contributed by atoms with van der Waals surface area (Å²) in [6.45, 7) is 3.63. The van der Waals surface area contributed by atoms with Crippen LogP contribution < -0.4 is 5.32 Å². The molecule has 0 radical (unpaired) electrons. The van der Waals surface area contributed by atoms with Gasteiger partial charge in [0.1, 0.15) is 0 Å². The van der Waals surface area contributed by atoms with E-state index in [-0.39, 0.29) is 24.0 Å². The minimum absolute atomic E-state index is 0. The van der Waals surface area contributed by atoms with E-state index in [0.29, 0.717) is 6.10 Å². The average molecular weight is 353 g/mol. The lowest BCUT2D eigenvalue weighted by Gasteiger charge is -2.22. The molecule has 4 nitrogen and oxygen atoms in total. The first-order valence-corrected chi connectivity index (χ1v) is 6.47. The summed E-state index contributed by atoms with van der Waals surface area (Å²) in [5, 5.41) is 3.32. The SMILES string of the molecule is CN1CCN=C1NCCOC1CCCCC1.I. The second kappa shape index (κ2) is 8.13. The predicted octanol–water partition coefficient (Wildman–Crippen LogP) is 1.84. The summed E-state index contributed by atoms with van der Waals surface area (Å²) in [4.78, 5) is 6.53. The van der Waals surface area contributed by atoms with Crippen molar-refractivity contribution < 1.29 is 4.74 Å². The molecule has 1 aliphatic heterocycles. The third kappa shape index (κ3) is 4.99. The van der Waals surface area contributed by atoms with Crippen molar-refractivity contribution in [3.8, 4) is 0 Å². The smallest absolute Gasteiger partial charge is 0.193 e. The summed E-state index contributed by atoms with van der Waals surface area (Å²) in [5.41, 5.74) is 0. The highest BCUT2D eigenvalue weighted by atomic mass is 127. The summed E-state index contributed by atoms with van der Waals surface area (Å²) >= 11 is 0. The molecule has 0 unspecified atom stereocenters. The van der Waals surface area contributed by atoms with Gasteiger partial charge in [-0.2, -0.15) is 0 Å². The van der Waals surface area contributed by atoms with E-state index in [1.807, 2.05) is 0 Å². The van der Waals surface area contributed by atoms with E-state index in [4.69, 9.17) is 4.74 Å². The molecule has 0 aromatic rings. The second-order valence-electron chi connectivity index (χ2n) is 4.68. The summed E-state index contributed by atoms with van der Waals surface area (Å²) in [7, 11) is 2.07. The van der Waals surface area contributed by atoms with Crippen LogP contribution in [0.25, 0.3) is 0 Å². The van der Waals surface area contributed by atoms with Gasteiger partial charge in [0.15, 0.2) is 5.96 Å². The Balaban J connectivity index is 0.00000144. The highest BCUT2D eigenvalue weighted by molar-refractivity contribution is 14.0. The first kappa shape index (κ1) is 15.0. The maximum absolute atomic E-state index is 5.84. The van der Waals surface area contributed by atoms with Crippen LogP contribution in [0, 0.1) is 0 Å². The van der Waals surface area contributed by atoms with Crippen LogP contribution in [0.5, 0.6) is 0 Å². The maximum atomic E-state index is 5.84. The largest absolute Gasteiger partial charge is 0.376 e. The lowest BCUT2D eigenvalue weighted by Crippen LogP contribution is -2.37. The molecule has 0 aromatic carbocycles. The Morgan fingerprint density at radius 2 is 2.12 bits per heavy atom. The molecule has 1 aliphatic carbocycles. The van der Waals surface area contributed by atoms with Crippen LogP contribution in [0.4, 0.5) is 0 Å². The van der Waals surface area contributed by atoms with Crippen molar-refractivity contribution >= 4 is 29.9 Å². The Hall–Kier alpha value is -0.0400. The van der Waals surface area contributed by atoms with Gasteiger partial charge in [0, 0.05) is 20.1 Å². The van der Waals surface area contributed by atoms with E-state index in [9.17, 15) is 0 Å². The second-order valence-corrected chi connectivity index (χ2v) is 4.68. The number of nitrogens with zero attached hydrogens (tertiary/aromatic N) is 2. The van der Waals surface area contributed by atoms with Gasteiger partial charge in [-0.1, -0.05) is 19.3 Å². The molecule has 0 bridgehead atoms. The van der Waals surface area contributed by atoms with Crippen LogP contribution in [0.2, 0.25) is 0 Å². The predicted molar refractivity (Wildman–Crippen MR) is 81.2 cm³/mol. The van der Waals surface area contributed by atoms with E-state index in [0.717, 1.165) is 32.2 Å². The Bertz CT molecular complexity index is 242. The van der Waals surface area contributed by atoms with Crippen molar-refractivity contribution in [3.05, 3.63) is 0 Å². The van der Waals surface area contributed by atoms with E-state index >= 15 is 0 Å². The van der Waals surface area contributed by atoms with Gasteiger partial charge in [-0.15, -0.1) is 24.0 Å². The van der Waals surface area contributed by atoms with Crippen molar-refractivity contribution in [2.24, 2.45) is 4.99 Å². The Morgan fingerprint density at radius 3 is 2.76 bits per heavy atom. The van der Waals surface area contributed by atoms with Gasteiger partial charge in [0.2, 0.25) is 0 Å². The van der Waals surface area contributed by atoms with E-state index in [1.54, 1.807) is 0 Å². The van der Waals surface area contributed by atoms with Crippen LogP contribution in [0.15, 0.2) is 4.99 Å². The van der Waals surface area contributed by atoms with Crippen molar-refractivity contribution in [1.29, 1.82) is 0 Å².